The number of hydrogen-bond acceptors (Lipinski definition) is 3. The first kappa shape index (κ1) is 16.8. The van der Waals surface area contributed by atoms with Gasteiger partial charge in [-0.25, -0.2) is 0 Å². The number of ether oxygens (including phenoxy) is 1. The van der Waals surface area contributed by atoms with E-state index in [4.69, 9.17) is 9.84 Å². The summed E-state index contributed by atoms with van der Waals surface area (Å²) in [4.78, 5) is 23.1. The predicted molar refractivity (Wildman–Crippen MR) is 85.9 cm³/mol. The number of nitrogens with one attached hydrogen (secondary N) is 1. The van der Waals surface area contributed by atoms with E-state index < -0.39 is 12.1 Å². The number of rotatable bonds is 5. The van der Waals surface area contributed by atoms with Gasteiger partial charge in [-0.2, -0.15) is 0 Å². The fourth-order valence-corrected chi connectivity index (χ4v) is 3.19. The molecule has 0 heterocycles. The number of amides is 1. The van der Waals surface area contributed by atoms with Crippen LogP contribution in [0.5, 0.6) is 5.75 Å². The Balaban J connectivity index is 1.88. The third kappa shape index (κ3) is 4.22. The molecule has 0 saturated heterocycles. The van der Waals surface area contributed by atoms with Gasteiger partial charge in [-0.05, 0) is 66.7 Å². The molecule has 5 nitrogen and oxygen atoms in total. The topological polar surface area (TPSA) is 75.6 Å². The van der Waals surface area contributed by atoms with Gasteiger partial charge in [-0.3, -0.25) is 9.59 Å². The van der Waals surface area contributed by atoms with E-state index in [-0.39, 0.29) is 17.9 Å². The van der Waals surface area contributed by atoms with Gasteiger partial charge in [0, 0.05) is 6.04 Å². The maximum Gasteiger partial charge on any atom is 0.306 e. The first-order chi connectivity index (χ1) is 10.4. The van der Waals surface area contributed by atoms with Crippen LogP contribution in [0.1, 0.15) is 31.7 Å². The standard InChI is InChI=1S/C16H20BrNO4/c1-9-3-6-14(13(17)7-9)22-10(2)15(19)18-12-5-4-11(8-12)16(20)21/h3,6-7,10-12H,4-5,8H2,1-2H3,(H,18,19)(H,20,21)/t10?,11-,12+/m0/s1. The minimum absolute atomic E-state index is 0.0823. The summed E-state index contributed by atoms with van der Waals surface area (Å²) in [5.74, 6) is -0.746. The number of aliphatic carboxylic acids is 1. The molecule has 1 aliphatic carbocycles. The Kier molecular flexibility index (Phi) is 5.45. The van der Waals surface area contributed by atoms with Crippen LogP contribution in [0.4, 0.5) is 0 Å². The summed E-state index contributed by atoms with van der Waals surface area (Å²) in [5, 5.41) is 11.9. The van der Waals surface area contributed by atoms with Gasteiger partial charge in [0.15, 0.2) is 6.10 Å². The molecule has 0 spiro atoms. The summed E-state index contributed by atoms with van der Waals surface area (Å²) >= 11 is 3.41. The third-order valence-electron chi connectivity index (χ3n) is 3.89. The van der Waals surface area contributed by atoms with Crippen LogP contribution in [0.3, 0.4) is 0 Å². The van der Waals surface area contributed by atoms with Crippen molar-refractivity contribution in [2.75, 3.05) is 0 Å². The fourth-order valence-electron chi connectivity index (χ4n) is 2.60. The molecule has 3 atom stereocenters. The number of carbonyl (C=O) groups excluding carboxylic acids is 1. The molecule has 1 saturated carbocycles. The zero-order chi connectivity index (χ0) is 16.3. The van der Waals surface area contributed by atoms with Gasteiger partial charge in [-0.1, -0.05) is 6.07 Å². The highest BCUT2D eigenvalue weighted by molar-refractivity contribution is 9.10. The van der Waals surface area contributed by atoms with E-state index in [0.29, 0.717) is 25.0 Å². The largest absolute Gasteiger partial charge is 0.481 e. The van der Waals surface area contributed by atoms with Crippen molar-refractivity contribution in [3.05, 3.63) is 28.2 Å². The Bertz CT molecular complexity index is 575. The minimum atomic E-state index is -0.787. The van der Waals surface area contributed by atoms with Crippen LogP contribution < -0.4 is 10.1 Å². The molecule has 1 unspecified atom stereocenters. The van der Waals surface area contributed by atoms with Crippen LogP contribution >= 0.6 is 15.9 Å². The summed E-state index contributed by atoms with van der Waals surface area (Å²) in [6.07, 6.45) is 1.16. The monoisotopic (exact) mass is 369 g/mol. The van der Waals surface area contributed by atoms with Crippen molar-refractivity contribution in [2.45, 2.75) is 45.3 Å². The summed E-state index contributed by atoms with van der Waals surface area (Å²) in [6, 6.07) is 5.58. The molecule has 0 radical (unpaired) electrons. The van der Waals surface area contributed by atoms with Gasteiger partial charge in [0.2, 0.25) is 0 Å². The van der Waals surface area contributed by atoms with Crippen molar-refractivity contribution in [3.63, 3.8) is 0 Å². The second kappa shape index (κ2) is 7.13. The van der Waals surface area contributed by atoms with E-state index in [2.05, 4.69) is 21.2 Å². The molecule has 120 valence electrons. The van der Waals surface area contributed by atoms with Gasteiger partial charge in [0.25, 0.3) is 5.91 Å². The minimum Gasteiger partial charge on any atom is -0.481 e. The lowest BCUT2D eigenvalue weighted by atomic mass is 10.1. The summed E-state index contributed by atoms with van der Waals surface area (Å²) in [5.41, 5.74) is 1.10. The smallest absolute Gasteiger partial charge is 0.306 e. The van der Waals surface area contributed by atoms with E-state index in [1.807, 2.05) is 25.1 Å². The van der Waals surface area contributed by atoms with Gasteiger partial charge in [-0.15, -0.1) is 0 Å². The van der Waals surface area contributed by atoms with Gasteiger partial charge >= 0.3 is 5.97 Å². The van der Waals surface area contributed by atoms with Crippen molar-refractivity contribution in [3.8, 4) is 5.75 Å². The fraction of sp³-hybridized carbons (Fsp3) is 0.500. The lowest BCUT2D eigenvalue weighted by Gasteiger charge is -2.19. The molecule has 1 fully saturated rings. The summed E-state index contributed by atoms with van der Waals surface area (Å²) in [7, 11) is 0. The molecular weight excluding hydrogens is 350 g/mol. The summed E-state index contributed by atoms with van der Waals surface area (Å²) < 4.78 is 6.48. The number of hydrogen-bond donors (Lipinski definition) is 2. The van der Waals surface area contributed by atoms with Crippen molar-refractivity contribution in [2.24, 2.45) is 5.92 Å². The molecule has 2 N–H and O–H groups in total. The Labute approximate surface area is 138 Å². The van der Waals surface area contributed by atoms with Crippen LogP contribution in [-0.2, 0) is 9.59 Å². The third-order valence-corrected chi connectivity index (χ3v) is 4.51. The second-order valence-corrected chi connectivity index (χ2v) is 6.60. The molecule has 22 heavy (non-hydrogen) atoms. The number of halogens is 1. The second-order valence-electron chi connectivity index (χ2n) is 5.75. The van der Waals surface area contributed by atoms with Gasteiger partial charge < -0.3 is 15.2 Å². The number of carboxylic acid groups (broad SMARTS) is 1. The van der Waals surface area contributed by atoms with E-state index in [1.54, 1.807) is 6.92 Å². The highest BCUT2D eigenvalue weighted by Crippen LogP contribution is 2.28. The van der Waals surface area contributed by atoms with E-state index in [1.165, 1.54) is 0 Å². The molecule has 0 bridgehead atoms. The number of benzene rings is 1. The van der Waals surface area contributed by atoms with Crippen molar-refractivity contribution in [1.82, 2.24) is 5.32 Å². The van der Waals surface area contributed by atoms with Gasteiger partial charge in [0.05, 0.1) is 10.4 Å². The van der Waals surface area contributed by atoms with Crippen LogP contribution in [0.2, 0.25) is 0 Å². The maximum atomic E-state index is 12.2. The Morgan fingerprint density at radius 2 is 2.14 bits per heavy atom. The first-order valence-corrected chi connectivity index (χ1v) is 8.12. The zero-order valence-electron chi connectivity index (χ0n) is 12.6. The average molecular weight is 370 g/mol. The quantitative estimate of drug-likeness (QED) is 0.836. The molecule has 2 rings (SSSR count). The van der Waals surface area contributed by atoms with E-state index in [0.717, 1.165) is 10.0 Å². The molecular formula is C16H20BrNO4. The van der Waals surface area contributed by atoms with E-state index >= 15 is 0 Å². The van der Waals surface area contributed by atoms with E-state index in [9.17, 15) is 9.59 Å². The lowest BCUT2D eigenvalue weighted by molar-refractivity contribution is -0.141. The molecule has 0 aliphatic heterocycles. The Hall–Kier alpha value is -1.56. The van der Waals surface area contributed by atoms with Crippen LogP contribution in [-0.4, -0.2) is 29.1 Å². The number of carbonyl (C=O) groups is 2. The first-order valence-electron chi connectivity index (χ1n) is 7.33. The predicted octanol–water partition coefficient (Wildman–Crippen LogP) is 2.89. The van der Waals surface area contributed by atoms with Crippen molar-refractivity contribution < 1.29 is 19.4 Å². The van der Waals surface area contributed by atoms with Crippen LogP contribution in [0.25, 0.3) is 0 Å². The average Bonchev–Trinajstić information content (AvgIpc) is 2.90. The van der Waals surface area contributed by atoms with Gasteiger partial charge in [0.1, 0.15) is 5.75 Å². The summed E-state index contributed by atoms with van der Waals surface area (Å²) in [6.45, 7) is 3.66. The van der Waals surface area contributed by atoms with Crippen molar-refractivity contribution >= 4 is 27.8 Å². The van der Waals surface area contributed by atoms with Crippen molar-refractivity contribution in [1.29, 1.82) is 0 Å². The normalized spacial score (nSPS) is 22.1. The Morgan fingerprint density at radius 1 is 1.41 bits per heavy atom. The van der Waals surface area contributed by atoms with Crippen LogP contribution in [0.15, 0.2) is 22.7 Å². The molecule has 1 amide bonds. The molecule has 1 aromatic rings. The highest BCUT2D eigenvalue weighted by atomic mass is 79.9. The highest BCUT2D eigenvalue weighted by Gasteiger charge is 2.31. The molecule has 1 aliphatic rings. The Morgan fingerprint density at radius 3 is 2.73 bits per heavy atom. The molecule has 1 aromatic carbocycles. The maximum absolute atomic E-state index is 12.2. The molecule has 0 aromatic heterocycles. The lowest BCUT2D eigenvalue weighted by Crippen LogP contribution is -2.41. The van der Waals surface area contributed by atoms with Crippen LogP contribution in [0, 0.1) is 12.8 Å². The number of carboxylic acids is 1. The SMILES string of the molecule is Cc1ccc(OC(C)C(=O)N[C@@H]2CC[C@H](C(=O)O)C2)c(Br)c1. The number of aryl methyl sites for hydroxylation is 1. The zero-order valence-corrected chi connectivity index (χ0v) is 14.2. The molecule has 6 heteroatoms.